The van der Waals surface area contributed by atoms with Gasteiger partial charge < -0.3 is 0 Å². The van der Waals surface area contributed by atoms with Crippen LogP contribution in [-0.4, -0.2) is 10.2 Å². The van der Waals surface area contributed by atoms with Gasteiger partial charge in [0.25, 0.3) is 5.91 Å². The molecule has 26 heavy (non-hydrogen) atoms. The van der Waals surface area contributed by atoms with Crippen molar-refractivity contribution < 1.29 is 4.79 Å². The Morgan fingerprint density at radius 3 is 2.62 bits per heavy atom. The SMILES string of the molecule is Cc1ccc(C)c(N2C(=O)C(=Cc3cccc4ccccc34)SC2=S)c1. The highest BCUT2D eigenvalue weighted by Crippen LogP contribution is 2.38. The molecule has 0 aliphatic carbocycles. The van der Waals surface area contributed by atoms with Crippen LogP contribution in [0.4, 0.5) is 5.69 Å². The van der Waals surface area contributed by atoms with E-state index in [0.29, 0.717) is 9.23 Å². The zero-order chi connectivity index (χ0) is 18.3. The lowest BCUT2D eigenvalue weighted by molar-refractivity contribution is -0.113. The summed E-state index contributed by atoms with van der Waals surface area (Å²) >= 11 is 6.88. The molecule has 4 heteroatoms. The summed E-state index contributed by atoms with van der Waals surface area (Å²) in [4.78, 5) is 15.4. The van der Waals surface area contributed by atoms with E-state index in [-0.39, 0.29) is 5.91 Å². The number of nitrogens with zero attached hydrogens (tertiary/aromatic N) is 1. The summed E-state index contributed by atoms with van der Waals surface area (Å²) in [7, 11) is 0. The third-order valence-electron chi connectivity index (χ3n) is 4.51. The maximum absolute atomic E-state index is 13.1. The maximum Gasteiger partial charge on any atom is 0.270 e. The Morgan fingerprint density at radius 1 is 1.00 bits per heavy atom. The van der Waals surface area contributed by atoms with Crippen LogP contribution in [0.15, 0.2) is 65.6 Å². The first-order chi connectivity index (χ1) is 12.5. The van der Waals surface area contributed by atoms with Crippen molar-refractivity contribution in [1.29, 1.82) is 0 Å². The van der Waals surface area contributed by atoms with Crippen LogP contribution in [0.5, 0.6) is 0 Å². The van der Waals surface area contributed by atoms with E-state index in [1.54, 1.807) is 4.90 Å². The lowest BCUT2D eigenvalue weighted by atomic mass is 10.0. The molecule has 0 unspecified atom stereocenters. The molecule has 1 fully saturated rings. The van der Waals surface area contributed by atoms with E-state index in [0.717, 1.165) is 33.2 Å². The maximum atomic E-state index is 13.1. The highest BCUT2D eigenvalue weighted by molar-refractivity contribution is 8.27. The smallest absolute Gasteiger partial charge is 0.268 e. The van der Waals surface area contributed by atoms with Gasteiger partial charge in [-0.25, -0.2) is 0 Å². The van der Waals surface area contributed by atoms with E-state index in [2.05, 4.69) is 18.2 Å². The lowest BCUT2D eigenvalue weighted by Crippen LogP contribution is -2.28. The number of hydrogen-bond donors (Lipinski definition) is 0. The summed E-state index contributed by atoms with van der Waals surface area (Å²) in [6.45, 7) is 4.02. The molecular formula is C22H17NOS2. The second kappa shape index (κ2) is 6.71. The van der Waals surface area contributed by atoms with Gasteiger partial charge in [0.05, 0.1) is 10.6 Å². The van der Waals surface area contributed by atoms with E-state index in [1.807, 2.05) is 62.4 Å². The molecule has 0 aromatic heterocycles. The molecule has 1 heterocycles. The van der Waals surface area contributed by atoms with Crippen molar-refractivity contribution in [3.63, 3.8) is 0 Å². The van der Waals surface area contributed by atoms with Gasteiger partial charge in [-0.2, -0.15) is 0 Å². The van der Waals surface area contributed by atoms with Crippen molar-refractivity contribution in [2.75, 3.05) is 4.90 Å². The Labute approximate surface area is 162 Å². The number of thioether (sulfide) groups is 1. The van der Waals surface area contributed by atoms with E-state index in [4.69, 9.17) is 12.2 Å². The van der Waals surface area contributed by atoms with Crippen LogP contribution in [0.1, 0.15) is 16.7 Å². The minimum atomic E-state index is -0.0540. The Balaban J connectivity index is 1.77. The molecule has 0 spiro atoms. The Hall–Kier alpha value is -2.43. The molecule has 2 nitrogen and oxygen atoms in total. The van der Waals surface area contributed by atoms with Crippen LogP contribution in [-0.2, 0) is 4.79 Å². The molecule has 3 aromatic rings. The third-order valence-corrected chi connectivity index (χ3v) is 5.81. The van der Waals surface area contributed by atoms with Gasteiger partial charge >= 0.3 is 0 Å². The lowest BCUT2D eigenvalue weighted by Gasteiger charge is -2.17. The molecular weight excluding hydrogens is 358 g/mol. The molecule has 0 radical (unpaired) electrons. The summed E-state index contributed by atoms with van der Waals surface area (Å²) in [5.74, 6) is -0.0540. The van der Waals surface area contributed by atoms with Gasteiger partial charge in [0.15, 0.2) is 4.32 Å². The minimum absolute atomic E-state index is 0.0540. The van der Waals surface area contributed by atoms with Crippen LogP contribution in [0.2, 0.25) is 0 Å². The number of benzene rings is 3. The zero-order valence-corrected chi connectivity index (χ0v) is 16.2. The average Bonchev–Trinajstić information content (AvgIpc) is 2.91. The minimum Gasteiger partial charge on any atom is -0.268 e. The summed E-state index contributed by atoms with van der Waals surface area (Å²) < 4.78 is 0.579. The predicted molar refractivity (Wildman–Crippen MR) is 116 cm³/mol. The average molecular weight is 376 g/mol. The number of rotatable bonds is 2. The second-order valence-electron chi connectivity index (χ2n) is 6.38. The topological polar surface area (TPSA) is 20.3 Å². The first kappa shape index (κ1) is 17.0. The number of carbonyl (C=O) groups excluding carboxylic acids is 1. The van der Waals surface area contributed by atoms with E-state index >= 15 is 0 Å². The highest BCUT2D eigenvalue weighted by Gasteiger charge is 2.34. The number of aryl methyl sites for hydroxylation is 2. The molecule has 128 valence electrons. The van der Waals surface area contributed by atoms with Gasteiger partial charge in [-0.15, -0.1) is 0 Å². The zero-order valence-electron chi connectivity index (χ0n) is 14.5. The van der Waals surface area contributed by atoms with Crippen molar-refractivity contribution in [1.82, 2.24) is 0 Å². The van der Waals surface area contributed by atoms with Gasteiger partial charge in [0.2, 0.25) is 0 Å². The number of amides is 1. The predicted octanol–water partition coefficient (Wildman–Crippen LogP) is 5.86. The molecule has 0 atom stereocenters. The molecule has 0 saturated carbocycles. The molecule has 1 aliphatic heterocycles. The number of anilines is 1. The normalized spacial score (nSPS) is 16.1. The van der Waals surface area contributed by atoms with Crippen LogP contribution in [0.25, 0.3) is 16.8 Å². The van der Waals surface area contributed by atoms with E-state index in [9.17, 15) is 4.79 Å². The van der Waals surface area contributed by atoms with Gasteiger partial charge in [0.1, 0.15) is 0 Å². The Bertz CT molecular complexity index is 1080. The van der Waals surface area contributed by atoms with Crippen LogP contribution >= 0.6 is 24.0 Å². The molecule has 1 amide bonds. The first-order valence-corrected chi connectivity index (χ1v) is 9.60. The quantitative estimate of drug-likeness (QED) is 0.413. The number of carbonyl (C=O) groups is 1. The van der Waals surface area contributed by atoms with Crippen molar-refractivity contribution in [3.05, 3.63) is 82.3 Å². The summed E-state index contributed by atoms with van der Waals surface area (Å²) in [5, 5.41) is 2.29. The summed E-state index contributed by atoms with van der Waals surface area (Å²) in [6.07, 6.45) is 1.95. The molecule has 1 saturated heterocycles. The van der Waals surface area contributed by atoms with Crippen molar-refractivity contribution in [2.24, 2.45) is 0 Å². The molecule has 3 aromatic carbocycles. The van der Waals surface area contributed by atoms with Gasteiger partial charge in [-0.05, 0) is 53.5 Å². The van der Waals surface area contributed by atoms with Crippen molar-refractivity contribution in [2.45, 2.75) is 13.8 Å². The van der Waals surface area contributed by atoms with Crippen molar-refractivity contribution >= 4 is 56.7 Å². The standard InChI is InChI=1S/C22H17NOS2/c1-14-10-11-15(2)19(12-14)23-21(24)20(26-22(23)25)13-17-8-5-7-16-6-3-4-9-18(16)17/h3-13H,1-2H3. The Morgan fingerprint density at radius 2 is 1.77 bits per heavy atom. The van der Waals surface area contributed by atoms with Crippen LogP contribution in [0.3, 0.4) is 0 Å². The first-order valence-electron chi connectivity index (χ1n) is 8.37. The number of fused-ring (bicyclic) bond motifs is 1. The fraction of sp³-hybridized carbons (Fsp3) is 0.0909. The fourth-order valence-corrected chi connectivity index (χ4v) is 4.43. The summed E-state index contributed by atoms with van der Waals surface area (Å²) in [5.41, 5.74) is 4.05. The molecule has 4 rings (SSSR count). The van der Waals surface area contributed by atoms with Crippen LogP contribution < -0.4 is 4.90 Å². The fourth-order valence-electron chi connectivity index (χ4n) is 3.15. The largest absolute Gasteiger partial charge is 0.270 e. The van der Waals surface area contributed by atoms with E-state index < -0.39 is 0 Å². The third kappa shape index (κ3) is 2.96. The van der Waals surface area contributed by atoms with Crippen LogP contribution in [0, 0.1) is 13.8 Å². The van der Waals surface area contributed by atoms with Gasteiger partial charge in [0, 0.05) is 0 Å². The number of thiocarbonyl (C=S) groups is 1. The highest BCUT2D eigenvalue weighted by atomic mass is 32.2. The van der Waals surface area contributed by atoms with Gasteiger partial charge in [-0.1, -0.05) is 78.6 Å². The second-order valence-corrected chi connectivity index (χ2v) is 8.05. The molecule has 0 bridgehead atoms. The molecule has 1 aliphatic rings. The van der Waals surface area contributed by atoms with E-state index in [1.165, 1.54) is 11.8 Å². The van der Waals surface area contributed by atoms with Crippen molar-refractivity contribution in [3.8, 4) is 0 Å². The molecule has 0 N–H and O–H groups in total. The summed E-state index contributed by atoms with van der Waals surface area (Å²) in [6, 6.07) is 20.4. The van der Waals surface area contributed by atoms with Gasteiger partial charge in [-0.3, -0.25) is 9.69 Å². The Kier molecular flexibility index (Phi) is 4.39. The monoisotopic (exact) mass is 375 g/mol. The number of hydrogen-bond acceptors (Lipinski definition) is 3.